The van der Waals surface area contributed by atoms with E-state index in [0.29, 0.717) is 36.4 Å². The summed E-state index contributed by atoms with van der Waals surface area (Å²) in [4.78, 5) is 22.6. The molecule has 2 aromatic carbocycles. The summed E-state index contributed by atoms with van der Waals surface area (Å²) in [6.07, 6.45) is 1.73. The number of anilines is 1. The number of aromatic nitrogens is 2. The van der Waals surface area contributed by atoms with Crippen molar-refractivity contribution >= 4 is 22.8 Å². The third-order valence-corrected chi connectivity index (χ3v) is 5.95. The van der Waals surface area contributed by atoms with Crippen LogP contribution in [0.2, 0.25) is 0 Å². The molecule has 1 aliphatic heterocycles. The zero-order chi connectivity index (χ0) is 23.4. The van der Waals surface area contributed by atoms with Crippen LogP contribution < -0.4 is 15.2 Å². The van der Waals surface area contributed by atoms with Gasteiger partial charge in [-0.05, 0) is 55.5 Å². The number of aryl methyl sites for hydroxylation is 1. The number of phenols is 1. The molecule has 0 radical (unpaired) electrons. The zero-order valence-electron chi connectivity index (χ0n) is 19.6. The molecular weight excluding hydrogens is 416 g/mol. The fourth-order valence-electron chi connectivity index (χ4n) is 4.27. The Bertz CT molecular complexity index is 1130. The van der Waals surface area contributed by atoms with E-state index in [4.69, 9.17) is 9.72 Å². The summed E-state index contributed by atoms with van der Waals surface area (Å²) in [5, 5.41) is 14.4. The summed E-state index contributed by atoms with van der Waals surface area (Å²) < 4.78 is 5.25. The number of phenolic OH excluding ortho intramolecular Hbond substituents is 1. The number of fused-ring (bicyclic) bond motifs is 1. The van der Waals surface area contributed by atoms with Gasteiger partial charge in [-0.25, -0.2) is 9.78 Å². The van der Waals surface area contributed by atoms with Crippen LogP contribution in [0, 0.1) is 18.8 Å². The van der Waals surface area contributed by atoms with Crippen molar-refractivity contribution in [2.24, 2.45) is 11.8 Å². The molecule has 1 aliphatic rings. The maximum atomic E-state index is 12.0. The van der Waals surface area contributed by atoms with Gasteiger partial charge in [0, 0.05) is 12.5 Å². The van der Waals surface area contributed by atoms with E-state index in [0.717, 1.165) is 48.2 Å². The first-order chi connectivity index (χ1) is 15.9. The van der Waals surface area contributed by atoms with Gasteiger partial charge in [0.25, 0.3) is 5.82 Å². The number of rotatable bonds is 6. The van der Waals surface area contributed by atoms with Gasteiger partial charge < -0.3 is 15.2 Å². The van der Waals surface area contributed by atoms with Gasteiger partial charge in [-0.1, -0.05) is 32.0 Å². The molecule has 174 valence electrons. The Kier molecular flexibility index (Phi) is 6.96. The molecule has 1 atom stereocenters. The highest BCUT2D eigenvalue weighted by atomic mass is 16.5. The second-order valence-corrected chi connectivity index (χ2v) is 9.30. The molecule has 7 nitrogen and oxygen atoms in total. The topological polar surface area (TPSA) is 88.8 Å². The molecule has 1 saturated heterocycles. The molecule has 1 aromatic heterocycles. The van der Waals surface area contributed by atoms with Gasteiger partial charge in [0.15, 0.2) is 5.52 Å². The summed E-state index contributed by atoms with van der Waals surface area (Å²) >= 11 is 0. The number of hydrogen-bond donors (Lipinski definition) is 2. The molecule has 4 rings (SSSR count). The van der Waals surface area contributed by atoms with Crippen molar-refractivity contribution in [2.75, 3.05) is 31.1 Å². The highest BCUT2D eigenvalue weighted by Gasteiger charge is 2.28. The van der Waals surface area contributed by atoms with Crippen LogP contribution in [-0.2, 0) is 4.74 Å². The minimum absolute atomic E-state index is 0.194. The van der Waals surface area contributed by atoms with E-state index in [2.05, 4.69) is 40.3 Å². The van der Waals surface area contributed by atoms with Crippen LogP contribution in [0.25, 0.3) is 22.3 Å². The third-order valence-electron chi connectivity index (χ3n) is 5.95. The van der Waals surface area contributed by atoms with Crippen molar-refractivity contribution in [2.45, 2.75) is 33.6 Å². The van der Waals surface area contributed by atoms with Crippen LogP contribution >= 0.6 is 0 Å². The lowest BCUT2D eigenvalue weighted by molar-refractivity contribution is -0.353. The minimum Gasteiger partial charge on any atom is -0.507 e. The maximum Gasteiger partial charge on any atom is 0.407 e. The lowest BCUT2D eigenvalue weighted by atomic mass is 9.97. The molecule has 1 fully saturated rings. The van der Waals surface area contributed by atoms with E-state index in [1.807, 2.05) is 26.0 Å². The summed E-state index contributed by atoms with van der Waals surface area (Å²) in [7, 11) is 0. The molecule has 0 saturated carbocycles. The molecule has 3 N–H and O–H groups in total. The van der Waals surface area contributed by atoms with E-state index in [1.165, 1.54) is 0 Å². The third kappa shape index (κ3) is 5.53. The number of hydrogen-bond acceptors (Lipinski definition) is 5. The van der Waals surface area contributed by atoms with Gasteiger partial charge in [-0.2, -0.15) is 0 Å². The van der Waals surface area contributed by atoms with E-state index in [9.17, 15) is 9.90 Å². The van der Waals surface area contributed by atoms with Gasteiger partial charge >= 0.3 is 6.09 Å². The van der Waals surface area contributed by atoms with Gasteiger partial charge in [0.2, 0.25) is 5.82 Å². The molecule has 0 aliphatic carbocycles. The van der Waals surface area contributed by atoms with E-state index < -0.39 is 0 Å². The average molecular weight is 450 g/mol. The van der Waals surface area contributed by atoms with Crippen LogP contribution in [0.15, 0.2) is 42.5 Å². The monoisotopic (exact) mass is 449 g/mol. The Morgan fingerprint density at radius 1 is 1.30 bits per heavy atom. The predicted molar refractivity (Wildman–Crippen MR) is 129 cm³/mol. The van der Waals surface area contributed by atoms with Crippen LogP contribution in [0.4, 0.5) is 10.6 Å². The van der Waals surface area contributed by atoms with Crippen LogP contribution in [0.5, 0.6) is 5.75 Å². The number of nitrogens with one attached hydrogen (secondary N) is 2. The highest BCUT2D eigenvalue weighted by Crippen LogP contribution is 2.31. The first kappa shape index (κ1) is 22.8. The summed E-state index contributed by atoms with van der Waals surface area (Å²) in [5.41, 5.74) is 2.70. The Morgan fingerprint density at radius 2 is 2.12 bits per heavy atom. The molecule has 3 aromatic rings. The van der Waals surface area contributed by atoms with Gasteiger partial charge in [-0.15, -0.1) is 4.98 Å². The van der Waals surface area contributed by atoms with Crippen LogP contribution in [-0.4, -0.2) is 42.4 Å². The number of ether oxygens (including phenoxy) is 1. The fourth-order valence-corrected chi connectivity index (χ4v) is 4.27. The Hall–Kier alpha value is -3.35. The first-order valence-corrected chi connectivity index (χ1v) is 11.7. The van der Waals surface area contributed by atoms with Crippen LogP contribution in [0.3, 0.4) is 0 Å². The number of carbonyl (C=O) groups excluding carboxylic acids is 1. The zero-order valence-corrected chi connectivity index (χ0v) is 19.6. The van der Waals surface area contributed by atoms with Crippen LogP contribution in [0.1, 0.15) is 32.3 Å². The molecule has 33 heavy (non-hydrogen) atoms. The summed E-state index contributed by atoms with van der Waals surface area (Å²) in [6, 6.07) is 13.5. The minimum atomic E-state index is -0.348. The molecule has 0 unspecified atom stereocenters. The van der Waals surface area contributed by atoms with E-state index in [-0.39, 0.29) is 11.8 Å². The molecule has 7 heteroatoms. The number of carbonyl (C=O) groups is 1. The Labute approximate surface area is 194 Å². The number of aromatic amines is 1. The SMILES string of the molecule is Cc1ccc2c(N3CCC[C@H](CNC(=O)OCC(C)C)C3)[nH+]c(-c3ccccc3O)nc2c1. The lowest BCUT2D eigenvalue weighted by Gasteiger charge is -2.30. The highest BCUT2D eigenvalue weighted by molar-refractivity contribution is 5.89. The smallest absolute Gasteiger partial charge is 0.407 e. The fraction of sp³-hybridized carbons (Fsp3) is 0.423. The molecular formula is C26H33N4O3+. The van der Waals surface area contributed by atoms with Gasteiger partial charge in [0.1, 0.15) is 5.75 Å². The maximum absolute atomic E-state index is 12.0. The number of benzene rings is 2. The normalized spacial score (nSPS) is 16.2. The number of para-hydroxylation sites is 1. The van der Waals surface area contributed by atoms with Crippen molar-refractivity contribution in [3.63, 3.8) is 0 Å². The van der Waals surface area contributed by atoms with Gasteiger partial charge in [0.05, 0.1) is 30.6 Å². The summed E-state index contributed by atoms with van der Waals surface area (Å²) in [5.74, 6) is 2.46. The predicted octanol–water partition coefficient (Wildman–Crippen LogP) is 4.33. The van der Waals surface area contributed by atoms with Crippen molar-refractivity contribution in [3.8, 4) is 17.1 Å². The molecule has 2 heterocycles. The second-order valence-electron chi connectivity index (χ2n) is 9.30. The second kappa shape index (κ2) is 10.1. The van der Waals surface area contributed by atoms with Crippen molar-refractivity contribution < 1.29 is 19.6 Å². The quantitative estimate of drug-likeness (QED) is 0.585. The van der Waals surface area contributed by atoms with E-state index >= 15 is 0 Å². The number of nitrogens with zero attached hydrogens (tertiary/aromatic N) is 2. The van der Waals surface area contributed by atoms with E-state index in [1.54, 1.807) is 12.1 Å². The number of alkyl carbamates (subject to hydrolysis) is 1. The molecule has 0 bridgehead atoms. The number of piperidine rings is 1. The number of amides is 1. The standard InChI is InChI=1S/C26H32N4O3/c1-17(2)16-33-26(32)27-14-19-7-6-12-30(15-19)25-20-11-10-18(3)13-22(20)28-24(29-25)21-8-4-5-9-23(21)31/h4-5,8-11,13,17,19,31H,6-7,12,14-16H2,1-3H3,(H,27,32)/p+1/t19-/m1/s1. The lowest BCUT2D eigenvalue weighted by Crippen LogP contribution is -2.43. The largest absolute Gasteiger partial charge is 0.507 e. The molecule has 0 spiro atoms. The van der Waals surface area contributed by atoms with Gasteiger partial charge in [-0.3, -0.25) is 4.90 Å². The van der Waals surface area contributed by atoms with Crippen molar-refractivity contribution in [1.29, 1.82) is 0 Å². The number of aromatic hydroxyl groups is 1. The Morgan fingerprint density at radius 3 is 2.91 bits per heavy atom. The molecule has 1 amide bonds. The average Bonchev–Trinajstić information content (AvgIpc) is 2.81. The Balaban J connectivity index is 1.59. The number of H-pyrrole nitrogens is 1. The first-order valence-electron chi connectivity index (χ1n) is 11.7. The van der Waals surface area contributed by atoms with Crippen molar-refractivity contribution in [1.82, 2.24) is 10.3 Å². The summed E-state index contributed by atoms with van der Waals surface area (Å²) in [6.45, 7) is 8.83. The van der Waals surface area contributed by atoms with Crippen molar-refractivity contribution in [3.05, 3.63) is 48.0 Å².